The van der Waals surface area contributed by atoms with Gasteiger partial charge in [0.05, 0.1) is 14.7 Å². The summed E-state index contributed by atoms with van der Waals surface area (Å²) in [5.74, 6) is -0.0756. The summed E-state index contributed by atoms with van der Waals surface area (Å²) in [6, 6.07) is 5.19. The third-order valence-electron chi connectivity index (χ3n) is 1.89. The Morgan fingerprint density at radius 1 is 1.60 bits per heavy atom. The number of carbonyl (C=O) groups excluding carboxylic acids is 1. The molecule has 80 valence electrons. The zero-order chi connectivity index (χ0) is 11.4. The van der Waals surface area contributed by atoms with E-state index in [4.69, 9.17) is 5.26 Å². The second-order valence-electron chi connectivity index (χ2n) is 3.43. The summed E-state index contributed by atoms with van der Waals surface area (Å²) in [5.41, 5.74) is 0. The number of hydrogen-bond donors (Lipinski definition) is 1. The Kier molecular flexibility index (Phi) is 4.30. The summed E-state index contributed by atoms with van der Waals surface area (Å²) in [6.45, 7) is 3.80. The first-order valence-electron chi connectivity index (χ1n) is 4.50. The Morgan fingerprint density at radius 2 is 2.27 bits per heavy atom. The zero-order valence-corrected chi connectivity index (χ0v) is 10.9. The van der Waals surface area contributed by atoms with E-state index >= 15 is 0 Å². The predicted molar refractivity (Wildman–Crippen MR) is 63.7 cm³/mol. The molecule has 0 aliphatic carbocycles. The van der Waals surface area contributed by atoms with Crippen LogP contribution in [0.1, 0.15) is 23.5 Å². The molecule has 3 nitrogen and oxygen atoms in total. The molecule has 1 amide bonds. The Labute approximate surface area is 101 Å². The molecule has 0 aromatic carbocycles. The van der Waals surface area contributed by atoms with Gasteiger partial charge in [-0.05, 0) is 34.0 Å². The summed E-state index contributed by atoms with van der Waals surface area (Å²) in [7, 11) is 0. The third-order valence-corrected chi connectivity index (χ3v) is 3.51. The number of carbonyl (C=O) groups is 1. The first-order valence-corrected chi connectivity index (χ1v) is 6.11. The van der Waals surface area contributed by atoms with Crippen LogP contribution in [0.5, 0.6) is 0 Å². The molecular formula is C10H11BrN2OS. The first-order chi connectivity index (χ1) is 7.04. The molecule has 0 bridgehead atoms. The van der Waals surface area contributed by atoms with Crippen molar-refractivity contribution < 1.29 is 4.79 Å². The van der Waals surface area contributed by atoms with Gasteiger partial charge in [-0.1, -0.05) is 13.8 Å². The summed E-state index contributed by atoms with van der Waals surface area (Å²) >= 11 is 4.64. The van der Waals surface area contributed by atoms with E-state index in [0.29, 0.717) is 4.88 Å². The van der Waals surface area contributed by atoms with E-state index in [0.717, 1.165) is 3.79 Å². The molecule has 5 heteroatoms. The van der Waals surface area contributed by atoms with Crippen LogP contribution in [-0.4, -0.2) is 11.9 Å². The van der Waals surface area contributed by atoms with Crippen LogP contribution < -0.4 is 5.32 Å². The van der Waals surface area contributed by atoms with E-state index in [2.05, 4.69) is 27.3 Å². The van der Waals surface area contributed by atoms with E-state index < -0.39 is 6.04 Å². The number of halogens is 1. The summed E-state index contributed by atoms with van der Waals surface area (Å²) in [5, 5.41) is 11.5. The van der Waals surface area contributed by atoms with Gasteiger partial charge in [-0.3, -0.25) is 4.79 Å². The van der Waals surface area contributed by atoms with Crippen molar-refractivity contribution in [3.05, 3.63) is 20.8 Å². The number of nitrogens with zero attached hydrogens (tertiary/aromatic N) is 1. The molecule has 0 spiro atoms. The number of nitriles is 1. The van der Waals surface area contributed by atoms with Gasteiger partial charge in [0.15, 0.2) is 0 Å². The molecule has 1 unspecified atom stereocenters. The lowest BCUT2D eigenvalue weighted by Gasteiger charge is -2.13. The molecule has 0 aliphatic heterocycles. The average molecular weight is 287 g/mol. The zero-order valence-electron chi connectivity index (χ0n) is 8.45. The van der Waals surface area contributed by atoms with Gasteiger partial charge in [0.1, 0.15) is 6.04 Å². The smallest absolute Gasteiger partial charge is 0.262 e. The predicted octanol–water partition coefficient (Wildman–Crippen LogP) is 2.79. The lowest BCUT2D eigenvalue weighted by molar-refractivity contribution is 0.0941. The van der Waals surface area contributed by atoms with Crippen molar-refractivity contribution >= 4 is 33.2 Å². The van der Waals surface area contributed by atoms with Gasteiger partial charge >= 0.3 is 0 Å². The average Bonchev–Trinajstić information content (AvgIpc) is 2.60. The Balaban J connectivity index is 2.68. The Hall–Kier alpha value is -0.860. The van der Waals surface area contributed by atoms with Crippen molar-refractivity contribution in [2.24, 2.45) is 5.92 Å². The number of nitrogens with one attached hydrogen (secondary N) is 1. The largest absolute Gasteiger partial charge is 0.335 e. The first kappa shape index (κ1) is 12.2. The molecule has 0 fully saturated rings. The van der Waals surface area contributed by atoms with Crippen molar-refractivity contribution in [1.29, 1.82) is 5.26 Å². The van der Waals surface area contributed by atoms with Crippen LogP contribution in [0, 0.1) is 17.2 Å². The molecule has 1 N–H and O–H groups in total. The Morgan fingerprint density at radius 3 is 2.67 bits per heavy atom. The molecule has 1 atom stereocenters. The second kappa shape index (κ2) is 5.29. The molecule has 0 aliphatic rings. The fraction of sp³-hybridized carbons (Fsp3) is 0.400. The van der Waals surface area contributed by atoms with Crippen LogP contribution >= 0.6 is 27.3 Å². The van der Waals surface area contributed by atoms with Crippen molar-refractivity contribution in [2.45, 2.75) is 19.9 Å². The minimum Gasteiger partial charge on any atom is -0.335 e. The maximum absolute atomic E-state index is 11.7. The maximum atomic E-state index is 11.7. The summed E-state index contributed by atoms with van der Waals surface area (Å²) < 4.78 is 0.908. The van der Waals surface area contributed by atoms with Crippen molar-refractivity contribution in [3.63, 3.8) is 0 Å². The molecule has 0 saturated heterocycles. The highest BCUT2D eigenvalue weighted by atomic mass is 79.9. The van der Waals surface area contributed by atoms with Gasteiger partial charge in [-0.2, -0.15) is 5.26 Å². The standard InChI is InChI=1S/C10H11BrN2OS/c1-6(2)7(5-12)13-10(14)8-3-4-9(11)15-8/h3-4,6-7H,1-2H3,(H,13,14). The van der Waals surface area contributed by atoms with Gasteiger partial charge in [-0.15, -0.1) is 11.3 Å². The number of hydrogen-bond acceptors (Lipinski definition) is 3. The Bertz CT molecular complexity index is 394. The highest BCUT2D eigenvalue weighted by Crippen LogP contribution is 2.22. The van der Waals surface area contributed by atoms with Crippen LogP contribution in [0.2, 0.25) is 0 Å². The normalized spacial score (nSPS) is 12.2. The molecule has 15 heavy (non-hydrogen) atoms. The van der Waals surface area contributed by atoms with Crippen LogP contribution in [0.3, 0.4) is 0 Å². The van der Waals surface area contributed by atoms with Gasteiger partial charge in [-0.25, -0.2) is 0 Å². The lowest BCUT2D eigenvalue weighted by atomic mass is 10.1. The van der Waals surface area contributed by atoms with Gasteiger partial charge in [0, 0.05) is 0 Å². The minimum absolute atomic E-state index is 0.113. The van der Waals surface area contributed by atoms with Crippen LogP contribution in [0.25, 0.3) is 0 Å². The summed E-state index contributed by atoms with van der Waals surface area (Å²) in [4.78, 5) is 12.3. The second-order valence-corrected chi connectivity index (χ2v) is 5.89. The van der Waals surface area contributed by atoms with E-state index in [9.17, 15) is 4.79 Å². The van der Waals surface area contributed by atoms with Crippen LogP contribution in [0.4, 0.5) is 0 Å². The molecular weight excluding hydrogens is 276 g/mol. The van der Waals surface area contributed by atoms with E-state index in [1.54, 1.807) is 6.07 Å². The molecule has 1 rings (SSSR count). The molecule has 1 aromatic heterocycles. The molecule has 1 heterocycles. The fourth-order valence-electron chi connectivity index (χ4n) is 0.997. The summed E-state index contributed by atoms with van der Waals surface area (Å²) in [6.07, 6.45) is 0. The number of rotatable bonds is 3. The van der Waals surface area contributed by atoms with Crippen LogP contribution in [-0.2, 0) is 0 Å². The van der Waals surface area contributed by atoms with Gasteiger partial charge in [0.2, 0.25) is 0 Å². The van der Waals surface area contributed by atoms with E-state index in [1.807, 2.05) is 19.9 Å². The highest BCUT2D eigenvalue weighted by molar-refractivity contribution is 9.11. The number of thiophene rings is 1. The SMILES string of the molecule is CC(C)C(C#N)NC(=O)c1ccc(Br)s1. The van der Waals surface area contributed by atoms with E-state index in [1.165, 1.54) is 11.3 Å². The third kappa shape index (κ3) is 3.33. The van der Waals surface area contributed by atoms with Gasteiger partial charge < -0.3 is 5.32 Å². The highest BCUT2D eigenvalue weighted by Gasteiger charge is 2.17. The topological polar surface area (TPSA) is 52.9 Å². The van der Waals surface area contributed by atoms with Crippen molar-refractivity contribution in [1.82, 2.24) is 5.32 Å². The molecule has 0 saturated carbocycles. The van der Waals surface area contributed by atoms with E-state index in [-0.39, 0.29) is 11.8 Å². The minimum atomic E-state index is -0.432. The lowest BCUT2D eigenvalue weighted by Crippen LogP contribution is -2.36. The fourth-order valence-corrected chi connectivity index (χ4v) is 2.29. The molecule has 1 aromatic rings. The molecule has 0 radical (unpaired) electrons. The van der Waals surface area contributed by atoms with Crippen molar-refractivity contribution in [3.8, 4) is 6.07 Å². The quantitative estimate of drug-likeness (QED) is 0.929. The maximum Gasteiger partial charge on any atom is 0.262 e. The van der Waals surface area contributed by atoms with Crippen LogP contribution in [0.15, 0.2) is 15.9 Å². The van der Waals surface area contributed by atoms with Crippen molar-refractivity contribution in [2.75, 3.05) is 0 Å². The number of amides is 1. The monoisotopic (exact) mass is 286 g/mol. The van der Waals surface area contributed by atoms with Gasteiger partial charge in [0.25, 0.3) is 5.91 Å².